The number of carbonyl (C=O) groups is 3. The van der Waals surface area contributed by atoms with E-state index in [0.717, 1.165) is 33.5 Å². The van der Waals surface area contributed by atoms with Crippen molar-refractivity contribution in [2.24, 2.45) is 0 Å². The van der Waals surface area contributed by atoms with Gasteiger partial charge in [0.15, 0.2) is 0 Å². The van der Waals surface area contributed by atoms with Gasteiger partial charge in [-0.3, -0.25) is 14.5 Å². The van der Waals surface area contributed by atoms with Crippen molar-refractivity contribution in [2.45, 2.75) is 43.3 Å². The summed E-state index contributed by atoms with van der Waals surface area (Å²) in [6.07, 6.45) is -4.20. The second-order valence-electron chi connectivity index (χ2n) is 8.42. The fourth-order valence-corrected chi connectivity index (χ4v) is 5.13. The van der Waals surface area contributed by atoms with Crippen LogP contribution in [0.3, 0.4) is 0 Å². The lowest BCUT2D eigenvalue weighted by molar-refractivity contribution is -0.137. The first-order valence-electron chi connectivity index (χ1n) is 10.3. The second-order valence-corrected chi connectivity index (χ2v) is 10.4. The average molecular weight is 491 g/mol. The molecule has 0 saturated carbocycles. The molecule has 2 aliphatic rings. The van der Waals surface area contributed by atoms with Gasteiger partial charge in [-0.15, -0.1) is 0 Å². The van der Waals surface area contributed by atoms with Crippen molar-refractivity contribution in [3.8, 4) is 0 Å². The first-order chi connectivity index (χ1) is 15.2. The smallest absolute Gasteiger partial charge is 0.340 e. The first kappa shape index (κ1) is 25.0. The minimum Gasteiger partial charge on any atom is -0.340 e. The molecule has 3 rings (SSSR count). The van der Waals surface area contributed by atoms with Crippen molar-refractivity contribution < 1.29 is 36.0 Å². The molecule has 1 aromatic rings. The van der Waals surface area contributed by atoms with Crippen LogP contribution in [0, 0.1) is 0 Å². The van der Waals surface area contributed by atoms with E-state index in [1.54, 1.807) is 13.8 Å². The van der Waals surface area contributed by atoms with Crippen molar-refractivity contribution in [3.05, 3.63) is 29.8 Å². The number of sulfonamides is 1. The Hall–Kier alpha value is -2.67. The molecule has 2 saturated heterocycles. The summed E-state index contributed by atoms with van der Waals surface area (Å²) < 4.78 is 64.7. The predicted octanol–water partition coefficient (Wildman–Crippen LogP) is 1.65. The third-order valence-corrected chi connectivity index (χ3v) is 7.54. The summed E-state index contributed by atoms with van der Waals surface area (Å²) >= 11 is 0. The fraction of sp³-hybridized carbons (Fsp3) is 0.550. The molecule has 0 bridgehead atoms. The maximum atomic E-state index is 12.7. The molecule has 4 amide bonds. The van der Waals surface area contributed by atoms with Gasteiger partial charge in [-0.2, -0.15) is 17.5 Å². The van der Waals surface area contributed by atoms with Crippen LogP contribution in [-0.2, 0) is 25.8 Å². The highest BCUT2D eigenvalue weighted by atomic mass is 32.2. The molecule has 0 radical (unpaired) electrons. The van der Waals surface area contributed by atoms with Gasteiger partial charge >= 0.3 is 12.2 Å². The molecule has 0 aliphatic carbocycles. The van der Waals surface area contributed by atoms with Crippen molar-refractivity contribution in [3.63, 3.8) is 0 Å². The molecule has 0 aromatic heterocycles. The Morgan fingerprint density at radius 3 is 2.12 bits per heavy atom. The molecule has 0 atom stereocenters. The monoisotopic (exact) mass is 490 g/mol. The van der Waals surface area contributed by atoms with E-state index < -0.39 is 33.3 Å². The van der Waals surface area contributed by atoms with Gasteiger partial charge in [-0.25, -0.2) is 13.2 Å². The van der Waals surface area contributed by atoms with Crippen LogP contribution in [-0.4, -0.2) is 78.6 Å². The number of hydrogen-bond acceptors (Lipinski definition) is 5. The molecule has 2 fully saturated rings. The maximum absolute atomic E-state index is 12.7. The van der Waals surface area contributed by atoms with Gasteiger partial charge in [0.25, 0.3) is 5.91 Å². The van der Waals surface area contributed by atoms with Crippen LogP contribution in [0.25, 0.3) is 0 Å². The van der Waals surface area contributed by atoms with E-state index in [1.807, 2.05) is 0 Å². The maximum Gasteiger partial charge on any atom is 0.416 e. The molecule has 1 N–H and O–H groups in total. The summed E-state index contributed by atoms with van der Waals surface area (Å²) in [6.45, 7) is 3.58. The summed E-state index contributed by atoms with van der Waals surface area (Å²) in [4.78, 5) is 38.8. The zero-order valence-corrected chi connectivity index (χ0v) is 19.0. The molecular formula is C20H25F3N4O5S. The number of carbonyl (C=O) groups excluding carboxylic acids is 3. The van der Waals surface area contributed by atoms with Crippen molar-refractivity contribution in [1.82, 2.24) is 19.4 Å². The van der Waals surface area contributed by atoms with Gasteiger partial charge in [-0.1, -0.05) is 0 Å². The van der Waals surface area contributed by atoms with Gasteiger partial charge < -0.3 is 10.2 Å². The van der Waals surface area contributed by atoms with E-state index in [1.165, 1.54) is 4.90 Å². The zero-order valence-electron chi connectivity index (χ0n) is 18.2. The normalized spacial score (nSPS) is 19.7. The summed E-state index contributed by atoms with van der Waals surface area (Å²) in [5.74, 6) is -0.588. The molecule has 182 valence electrons. The summed E-state index contributed by atoms with van der Waals surface area (Å²) in [5.41, 5.74) is -1.91. The van der Waals surface area contributed by atoms with Crippen LogP contribution < -0.4 is 5.32 Å². The van der Waals surface area contributed by atoms with E-state index in [9.17, 15) is 36.0 Å². The minimum absolute atomic E-state index is 0.0102. The van der Waals surface area contributed by atoms with E-state index in [-0.39, 0.29) is 62.3 Å². The number of halogens is 3. The topological polar surface area (TPSA) is 107 Å². The van der Waals surface area contributed by atoms with Crippen LogP contribution in [0.15, 0.2) is 29.2 Å². The number of amides is 4. The number of alkyl halides is 3. The number of urea groups is 1. The van der Waals surface area contributed by atoms with Crippen molar-refractivity contribution >= 4 is 27.9 Å². The molecule has 2 heterocycles. The standard InChI is InChI=1S/C20H25F3N4O5S/c1-19(2)17(29)27(18(30)24-19)9-3-4-16(28)25-10-12-26(13-11-25)33(31,32)15-7-5-14(6-8-15)20(21,22)23/h5-8H,3-4,9-13H2,1-2H3,(H,24,30). The Morgan fingerprint density at radius 1 is 1.06 bits per heavy atom. The lowest BCUT2D eigenvalue weighted by Gasteiger charge is -2.34. The fourth-order valence-electron chi connectivity index (χ4n) is 3.71. The largest absolute Gasteiger partial charge is 0.416 e. The van der Waals surface area contributed by atoms with Crippen LogP contribution in [0.2, 0.25) is 0 Å². The number of imide groups is 1. The predicted molar refractivity (Wildman–Crippen MR) is 110 cm³/mol. The number of nitrogens with zero attached hydrogens (tertiary/aromatic N) is 3. The van der Waals surface area contributed by atoms with E-state index in [4.69, 9.17) is 0 Å². The number of nitrogens with one attached hydrogen (secondary N) is 1. The zero-order chi connectivity index (χ0) is 24.6. The third-order valence-electron chi connectivity index (χ3n) is 5.63. The molecule has 2 aliphatic heterocycles. The Bertz CT molecular complexity index is 1030. The average Bonchev–Trinajstić information content (AvgIpc) is 2.94. The van der Waals surface area contributed by atoms with Crippen LogP contribution in [0.4, 0.5) is 18.0 Å². The number of benzene rings is 1. The SMILES string of the molecule is CC1(C)NC(=O)N(CCCC(=O)N2CCN(S(=O)(=O)c3ccc(C(F)(F)F)cc3)CC2)C1=O. The van der Waals surface area contributed by atoms with Crippen molar-refractivity contribution in [2.75, 3.05) is 32.7 Å². The number of rotatable bonds is 6. The lowest BCUT2D eigenvalue weighted by atomic mass is 10.1. The van der Waals surface area contributed by atoms with Crippen LogP contribution in [0.1, 0.15) is 32.3 Å². The molecule has 0 spiro atoms. The Balaban J connectivity index is 1.50. The molecule has 13 heteroatoms. The van der Waals surface area contributed by atoms with Crippen molar-refractivity contribution in [1.29, 1.82) is 0 Å². The van der Waals surface area contributed by atoms with Gasteiger partial charge in [0.05, 0.1) is 10.5 Å². The molecular weight excluding hydrogens is 465 g/mol. The number of hydrogen-bond donors (Lipinski definition) is 1. The molecule has 1 aromatic carbocycles. The molecule has 9 nitrogen and oxygen atoms in total. The molecule has 33 heavy (non-hydrogen) atoms. The Labute approximate surface area is 189 Å². The summed E-state index contributed by atoms with van der Waals surface area (Å²) in [5, 5.41) is 2.56. The highest BCUT2D eigenvalue weighted by Crippen LogP contribution is 2.30. The van der Waals surface area contributed by atoms with Gasteiger partial charge in [0, 0.05) is 39.1 Å². The Morgan fingerprint density at radius 2 is 1.64 bits per heavy atom. The van der Waals surface area contributed by atoms with Gasteiger partial charge in [0.1, 0.15) is 5.54 Å². The highest BCUT2D eigenvalue weighted by molar-refractivity contribution is 7.89. The first-order valence-corrected chi connectivity index (χ1v) is 11.8. The third kappa shape index (κ3) is 5.29. The minimum atomic E-state index is -4.56. The second kappa shape index (κ2) is 8.93. The van der Waals surface area contributed by atoms with Crippen LogP contribution in [0.5, 0.6) is 0 Å². The number of piperazine rings is 1. The summed E-state index contributed by atoms with van der Waals surface area (Å²) in [7, 11) is -3.99. The molecule has 0 unspecified atom stereocenters. The quantitative estimate of drug-likeness (QED) is 0.611. The van der Waals surface area contributed by atoms with E-state index >= 15 is 0 Å². The highest BCUT2D eigenvalue weighted by Gasteiger charge is 2.43. The van der Waals surface area contributed by atoms with Gasteiger partial charge in [0.2, 0.25) is 15.9 Å². The van der Waals surface area contributed by atoms with E-state index in [2.05, 4.69) is 5.32 Å². The lowest BCUT2D eigenvalue weighted by Crippen LogP contribution is -2.50. The van der Waals surface area contributed by atoms with Gasteiger partial charge in [-0.05, 0) is 44.5 Å². The van der Waals surface area contributed by atoms with E-state index in [0.29, 0.717) is 0 Å². The van der Waals surface area contributed by atoms with Crippen LogP contribution >= 0.6 is 0 Å². The summed E-state index contributed by atoms with van der Waals surface area (Å²) in [6, 6.07) is 2.79. The Kier molecular flexibility index (Phi) is 6.76.